The Bertz CT molecular complexity index is 1180. The molecule has 2 aliphatic rings. The molecule has 0 saturated carbocycles. The van der Waals surface area contributed by atoms with Crippen LogP contribution in [-0.2, 0) is 4.79 Å². The first-order valence-electron chi connectivity index (χ1n) is 11.9. The van der Waals surface area contributed by atoms with Crippen LogP contribution in [0.1, 0.15) is 58.6 Å². The summed E-state index contributed by atoms with van der Waals surface area (Å²) in [7, 11) is 0. The van der Waals surface area contributed by atoms with Gasteiger partial charge in [0.2, 0.25) is 0 Å². The quantitative estimate of drug-likeness (QED) is 0.411. The monoisotopic (exact) mass is 477 g/mol. The van der Waals surface area contributed by atoms with Crippen molar-refractivity contribution in [3.63, 3.8) is 0 Å². The van der Waals surface area contributed by atoms with Gasteiger partial charge in [0.05, 0.1) is 16.1 Å². The normalized spacial score (nSPS) is 19.7. The standard InChI is InChI=1S/C28H32FN3OS/c1-6-13-31-26(33)25(34-27(31)30-21-11-9-8-10-12-21)16-20-15-22-19(3)18-28(4,5)32(14-7-2)24(22)17-23(20)29/h8-12,15-18H,6-7,13-14H2,1-5H3/b25-16+,30-27?. The first kappa shape index (κ1) is 24.3. The molecule has 0 aromatic heterocycles. The summed E-state index contributed by atoms with van der Waals surface area (Å²) in [6.45, 7) is 12.0. The first-order chi connectivity index (χ1) is 16.2. The molecule has 1 amide bonds. The summed E-state index contributed by atoms with van der Waals surface area (Å²) in [6, 6.07) is 13.1. The van der Waals surface area contributed by atoms with Gasteiger partial charge in [0, 0.05) is 29.9 Å². The number of amides is 1. The van der Waals surface area contributed by atoms with Gasteiger partial charge in [-0.2, -0.15) is 0 Å². The Kier molecular flexibility index (Phi) is 6.99. The van der Waals surface area contributed by atoms with E-state index in [9.17, 15) is 4.79 Å². The van der Waals surface area contributed by atoms with Gasteiger partial charge in [0.15, 0.2) is 5.17 Å². The van der Waals surface area contributed by atoms with Crippen LogP contribution in [0.25, 0.3) is 11.6 Å². The Labute approximate surface area is 206 Å². The topological polar surface area (TPSA) is 35.9 Å². The Morgan fingerprint density at radius 1 is 1.09 bits per heavy atom. The number of allylic oxidation sites excluding steroid dienone is 1. The summed E-state index contributed by atoms with van der Waals surface area (Å²) < 4.78 is 15.4. The van der Waals surface area contributed by atoms with Gasteiger partial charge in [-0.15, -0.1) is 0 Å². The molecular weight excluding hydrogens is 445 g/mol. The highest BCUT2D eigenvalue weighted by Crippen LogP contribution is 2.41. The largest absolute Gasteiger partial charge is 0.362 e. The lowest BCUT2D eigenvalue weighted by atomic mass is 9.87. The molecule has 2 aromatic rings. The van der Waals surface area contributed by atoms with Gasteiger partial charge in [-0.1, -0.05) is 38.1 Å². The van der Waals surface area contributed by atoms with Crippen molar-refractivity contribution in [1.29, 1.82) is 0 Å². The summed E-state index contributed by atoms with van der Waals surface area (Å²) in [5.41, 5.74) is 4.09. The fraction of sp³-hybridized carbons (Fsp3) is 0.357. The van der Waals surface area contributed by atoms with E-state index < -0.39 is 0 Å². The van der Waals surface area contributed by atoms with E-state index >= 15 is 4.39 Å². The molecule has 178 valence electrons. The summed E-state index contributed by atoms with van der Waals surface area (Å²) in [6.07, 6.45) is 5.71. The van der Waals surface area contributed by atoms with Crippen LogP contribution in [0.4, 0.5) is 15.8 Å². The second kappa shape index (κ2) is 9.79. The number of carbonyl (C=O) groups excluding carboxylic acids is 1. The van der Waals surface area contributed by atoms with Crippen LogP contribution in [0.3, 0.4) is 0 Å². The number of para-hydroxylation sites is 1. The average Bonchev–Trinajstić information content (AvgIpc) is 3.07. The molecule has 0 unspecified atom stereocenters. The Balaban J connectivity index is 1.74. The highest BCUT2D eigenvalue weighted by Gasteiger charge is 2.34. The minimum absolute atomic E-state index is 0.125. The summed E-state index contributed by atoms with van der Waals surface area (Å²) in [5, 5.41) is 0.634. The van der Waals surface area contributed by atoms with Crippen LogP contribution in [0.2, 0.25) is 0 Å². The molecule has 34 heavy (non-hydrogen) atoms. The third kappa shape index (κ3) is 4.69. The van der Waals surface area contributed by atoms with E-state index in [4.69, 9.17) is 0 Å². The maximum Gasteiger partial charge on any atom is 0.266 e. The Morgan fingerprint density at radius 3 is 2.47 bits per heavy atom. The van der Waals surface area contributed by atoms with Crippen LogP contribution < -0.4 is 4.90 Å². The van der Waals surface area contributed by atoms with Crippen molar-refractivity contribution >= 4 is 45.9 Å². The summed E-state index contributed by atoms with van der Waals surface area (Å²) >= 11 is 1.31. The molecular formula is C28H32FN3OS. The van der Waals surface area contributed by atoms with Gasteiger partial charge < -0.3 is 4.90 Å². The van der Waals surface area contributed by atoms with Gasteiger partial charge in [-0.05, 0) is 81.3 Å². The number of benzene rings is 2. The fourth-order valence-electron chi connectivity index (χ4n) is 4.62. The third-order valence-electron chi connectivity index (χ3n) is 6.15. The number of nitrogens with zero attached hydrogens (tertiary/aromatic N) is 3. The van der Waals surface area contributed by atoms with Crippen molar-refractivity contribution in [1.82, 2.24) is 4.90 Å². The van der Waals surface area contributed by atoms with Crippen molar-refractivity contribution in [2.75, 3.05) is 18.0 Å². The van der Waals surface area contributed by atoms with E-state index in [1.165, 1.54) is 11.8 Å². The van der Waals surface area contributed by atoms with Crippen molar-refractivity contribution < 1.29 is 9.18 Å². The zero-order valence-corrected chi connectivity index (χ0v) is 21.4. The maximum atomic E-state index is 15.4. The Hall–Kier alpha value is -2.86. The van der Waals surface area contributed by atoms with Gasteiger partial charge >= 0.3 is 0 Å². The lowest BCUT2D eigenvalue weighted by Crippen LogP contribution is -2.45. The summed E-state index contributed by atoms with van der Waals surface area (Å²) in [4.78, 5) is 22.3. The number of fused-ring (bicyclic) bond motifs is 1. The van der Waals surface area contributed by atoms with E-state index in [1.54, 1.807) is 17.0 Å². The molecule has 0 aliphatic carbocycles. The zero-order chi connectivity index (χ0) is 24.5. The molecule has 4 nitrogen and oxygen atoms in total. The lowest BCUT2D eigenvalue weighted by Gasteiger charge is -2.43. The van der Waals surface area contributed by atoms with Crippen LogP contribution in [0.5, 0.6) is 0 Å². The highest BCUT2D eigenvalue weighted by molar-refractivity contribution is 8.18. The minimum atomic E-state index is -0.318. The number of halogens is 1. The smallest absolute Gasteiger partial charge is 0.266 e. The lowest BCUT2D eigenvalue weighted by molar-refractivity contribution is -0.122. The molecule has 6 heteroatoms. The van der Waals surface area contributed by atoms with Gasteiger partial charge in [-0.25, -0.2) is 9.38 Å². The van der Waals surface area contributed by atoms with E-state index in [-0.39, 0.29) is 17.3 Å². The van der Waals surface area contributed by atoms with Crippen LogP contribution in [-0.4, -0.2) is 34.6 Å². The number of thioether (sulfide) groups is 1. The van der Waals surface area contributed by atoms with E-state index in [0.29, 0.717) is 22.2 Å². The number of anilines is 1. The SMILES string of the molecule is CCCN1C(=O)/C(=C\c2cc3c(cc2F)N(CCC)C(C)(C)C=C3C)SC1=Nc1ccccc1. The molecule has 0 bridgehead atoms. The molecule has 2 heterocycles. The number of aliphatic imine (C=N–C) groups is 1. The van der Waals surface area contributed by atoms with Crippen molar-refractivity contribution in [2.45, 2.75) is 53.0 Å². The molecule has 4 rings (SSSR count). The fourth-order valence-corrected chi connectivity index (χ4v) is 5.64. The minimum Gasteiger partial charge on any atom is -0.362 e. The van der Waals surface area contributed by atoms with Crippen LogP contribution in [0, 0.1) is 5.82 Å². The maximum absolute atomic E-state index is 15.4. The van der Waals surface area contributed by atoms with Crippen LogP contribution >= 0.6 is 11.8 Å². The van der Waals surface area contributed by atoms with Crippen molar-refractivity contribution in [3.05, 3.63) is 70.4 Å². The van der Waals surface area contributed by atoms with Gasteiger partial charge in [0.1, 0.15) is 5.82 Å². The third-order valence-corrected chi connectivity index (χ3v) is 7.15. The second-order valence-corrected chi connectivity index (χ2v) is 10.3. The second-order valence-electron chi connectivity index (χ2n) is 9.32. The zero-order valence-electron chi connectivity index (χ0n) is 20.6. The molecule has 1 saturated heterocycles. The number of hydrogen-bond acceptors (Lipinski definition) is 4. The molecule has 0 spiro atoms. The average molecular weight is 478 g/mol. The number of hydrogen-bond donors (Lipinski definition) is 0. The molecule has 0 radical (unpaired) electrons. The number of rotatable bonds is 6. The van der Waals surface area contributed by atoms with Gasteiger partial charge in [0.25, 0.3) is 5.91 Å². The number of carbonyl (C=O) groups is 1. The van der Waals surface area contributed by atoms with E-state index in [2.05, 4.69) is 43.7 Å². The predicted molar refractivity (Wildman–Crippen MR) is 143 cm³/mol. The van der Waals surface area contributed by atoms with E-state index in [1.807, 2.05) is 43.3 Å². The first-order valence-corrected chi connectivity index (χ1v) is 12.7. The van der Waals surface area contributed by atoms with Gasteiger partial charge in [-0.3, -0.25) is 9.69 Å². The molecule has 0 N–H and O–H groups in total. The molecule has 2 aromatic carbocycles. The van der Waals surface area contributed by atoms with Crippen LogP contribution in [0.15, 0.2) is 58.4 Å². The van der Waals surface area contributed by atoms with Crippen molar-refractivity contribution in [2.24, 2.45) is 4.99 Å². The molecule has 2 aliphatic heterocycles. The highest BCUT2D eigenvalue weighted by atomic mass is 32.2. The molecule has 1 fully saturated rings. The summed E-state index contributed by atoms with van der Waals surface area (Å²) in [5.74, 6) is -0.443. The molecule has 0 atom stereocenters. The number of amidine groups is 1. The predicted octanol–water partition coefficient (Wildman–Crippen LogP) is 7.25. The Morgan fingerprint density at radius 2 is 1.79 bits per heavy atom. The van der Waals surface area contributed by atoms with Crippen molar-refractivity contribution in [3.8, 4) is 0 Å². The van der Waals surface area contributed by atoms with E-state index in [0.717, 1.165) is 41.9 Å².